The Kier molecular flexibility index (Phi) is 7.06. The fourth-order valence-electron chi connectivity index (χ4n) is 2.79. The van der Waals surface area contributed by atoms with Gasteiger partial charge in [0.25, 0.3) is 11.1 Å². The molecule has 1 heterocycles. The lowest BCUT2D eigenvalue weighted by Gasteiger charge is -2.13. The van der Waals surface area contributed by atoms with Gasteiger partial charge in [0.1, 0.15) is 5.75 Å². The van der Waals surface area contributed by atoms with Gasteiger partial charge in [0.2, 0.25) is 0 Å². The zero-order chi connectivity index (χ0) is 20.6. The second kappa shape index (κ2) is 9.92. The molecule has 1 aliphatic heterocycles. The number of nitrogens with one attached hydrogen (secondary N) is 1. The molecule has 29 heavy (non-hydrogen) atoms. The summed E-state index contributed by atoms with van der Waals surface area (Å²) in [5.74, 6) is 0.500. The van der Waals surface area contributed by atoms with E-state index in [9.17, 15) is 9.59 Å². The Morgan fingerprint density at radius 2 is 1.86 bits per heavy atom. The lowest BCUT2D eigenvalue weighted by molar-refractivity contribution is -0.122. The molecule has 6 nitrogen and oxygen atoms in total. The Hall–Kier alpha value is -3.08. The van der Waals surface area contributed by atoms with E-state index in [2.05, 4.69) is 11.4 Å². The molecule has 148 valence electrons. The van der Waals surface area contributed by atoms with Crippen LogP contribution in [0.1, 0.15) is 23.6 Å². The van der Waals surface area contributed by atoms with Gasteiger partial charge in [-0.25, -0.2) is 0 Å². The number of amides is 2. The topological polar surface area (TPSA) is 82.4 Å². The molecule has 0 bridgehead atoms. The summed E-state index contributed by atoms with van der Waals surface area (Å²) in [7, 11) is 0. The maximum Gasteiger partial charge on any atom is 0.293 e. The highest BCUT2D eigenvalue weighted by Crippen LogP contribution is 2.32. The second-order valence-electron chi connectivity index (χ2n) is 6.32. The normalized spacial score (nSPS) is 15.0. The molecule has 2 amide bonds. The van der Waals surface area contributed by atoms with E-state index in [1.54, 1.807) is 18.2 Å². The number of imide groups is 1. The van der Waals surface area contributed by atoms with Crippen LogP contribution in [0.3, 0.4) is 0 Å². The van der Waals surface area contributed by atoms with Crippen molar-refractivity contribution < 1.29 is 14.3 Å². The van der Waals surface area contributed by atoms with Crippen molar-refractivity contribution in [3.63, 3.8) is 0 Å². The molecule has 2 aromatic rings. The highest BCUT2D eigenvalue weighted by atomic mass is 32.2. The van der Waals surface area contributed by atoms with Gasteiger partial charge in [0.05, 0.1) is 23.1 Å². The quantitative estimate of drug-likeness (QED) is 0.530. The average Bonchev–Trinajstić information content (AvgIpc) is 3.00. The van der Waals surface area contributed by atoms with Crippen LogP contribution in [0.5, 0.6) is 5.75 Å². The van der Waals surface area contributed by atoms with Crippen molar-refractivity contribution >= 4 is 29.0 Å². The summed E-state index contributed by atoms with van der Waals surface area (Å²) in [6.45, 7) is 3.92. The summed E-state index contributed by atoms with van der Waals surface area (Å²) in [4.78, 5) is 26.4. The van der Waals surface area contributed by atoms with Crippen LogP contribution in [-0.2, 0) is 11.3 Å². The first-order chi connectivity index (χ1) is 14.1. The molecule has 0 unspecified atom stereocenters. The standard InChI is InChI=1S/C22H21N3O3S/c1-2-28-19-9-7-16(8-10-19)13-20-21(26)25(22(27)29-20)12-11-24-15-18-5-3-17(14-23)4-6-18/h3-10,13,24H,2,11-12,15H2,1H3/b20-13+. The van der Waals surface area contributed by atoms with Gasteiger partial charge in [0, 0.05) is 19.6 Å². The van der Waals surface area contributed by atoms with E-state index < -0.39 is 0 Å². The predicted molar refractivity (Wildman–Crippen MR) is 113 cm³/mol. The van der Waals surface area contributed by atoms with Crippen molar-refractivity contribution in [3.05, 3.63) is 70.1 Å². The van der Waals surface area contributed by atoms with Crippen LogP contribution in [0.25, 0.3) is 6.08 Å². The molecule has 0 spiro atoms. The fraction of sp³-hybridized carbons (Fsp3) is 0.227. The van der Waals surface area contributed by atoms with E-state index in [-0.39, 0.29) is 11.1 Å². The molecule has 0 aromatic heterocycles. The molecule has 0 saturated carbocycles. The number of nitrogens with zero attached hydrogens (tertiary/aromatic N) is 2. The predicted octanol–water partition coefficient (Wildman–Crippen LogP) is 3.78. The van der Waals surface area contributed by atoms with Crippen molar-refractivity contribution in [3.8, 4) is 11.8 Å². The number of nitriles is 1. The van der Waals surface area contributed by atoms with Crippen LogP contribution >= 0.6 is 11.8 Å². The number of rotatable bonds is 8. The lowest BCUT2D eigenvalue weighted by atomic mass is 10.1. The maximum absolute atomic E-state index is 12.6. The molecule has 0 radical (unpaired) electrons. The van der Waals surface area contributed by atoms with Crippen molar-refractivity contribution in [1.29, 1.82) is 5.26 Å². The van der Waals surface area contributed by atoms with Crippen LogP contribution in [-0.4, -0.2) is 35.7 Å². The molecular formula is C22H21N3O3S. The molecule has 1 fully saturated rings. The van der Waals surface area contributed by atoms with Crippen molar-refractivity contribution in [2.45, 2.75) is 13.5 Å². The molecule has 1 saturated heterocycles. The highest BCUT2D eigenvalue weighted by molar-refractivity contribution is 8.18. The molecule has 0 aliphatic carbocycles. The summed E-state index contributed by atoms with van der Waals surface area (Å²) in [5, 5.41) is 11.8. The van der Waals surface area contributed by atoms with E-state index in [0.29, 0.717) is 36.7 Å². The van der Waals surface area contributed by atoms with Gasteiger partial charge < -0.3 is 10.1 Å². The average molecular weight is 407 g/mol. The zero-order valence-corrected chi connectivity index (χ0v) is 16.9. The molecule has 0 atom stereocenters. The zero-order valence-electron chi connectivity index (χ0n) is 16.1. The molecule has 7 heteroatoms. The Labute approximate surface area is 174 Å². The Bertz CT molecular complexity index is 947. The van der Waals surface area contributed by atoms with Gasteiger partial charge in [0.15, 0.2) is 0 Å². The third-order valence-corrected chi connectivity index (χ3v) is 5.19. The minimum Gasteiger partial charge on any atom is -0.494 e. The first-order valence-corrected chi connectivity index (χ1v) is 10.1. The minimum atomic E-state index is -0.269. The Morgan fingerprint density at radius 3 is 2.52 bits per heavy atom. The third-order valence-electron chi connectivity index (χ3n) is 4.29. The van der Waals surface area contributed by atoms with Gasteiger partial charge in [-0.1, -0.05) is 24.3 Å². The van der Waals surface area contributed by atoms with E-state index in [1.807, 2.05) is 43.3 Å². The number of thioether (sulfide) groups is 1. The smallest absolute Gasteiger partial charge is 0.293 e. The summed E-state index contributed by atoms with van der Waals surface area (Å²) in [6.07, 6.45) is 1.73. The van der Waals surface area contributed by atoms with Crippen LogP contribution in [0.15, 0.2) is 53.4 Å². The summed E-state index contributed by atoms with van der Waals surface area (Å²) in [6, 6.07) is 16.8. The van der Waals surface area contributed by atoms with Gasteiger partial charge in [-0.05, 0) is 60.2 Å². The Morgan fingerprint density at radius 1 is 1.14 bits per heavy atom. The lowest BCUT2D eigenvalue weighted by Crippen LogP contribution is -2.35. The first-order valence-electron chi connectivity index (χ1n) is 9.28. The van der Waals surface area contributed by atoms with E-state index in [0.717, 1.165) is 28.6 Å². The van der Waals surface area contributed by atoms with Crippen molar-refractivity contribution in [1.82, 2.24) is 10.2 Å². The third kappa shape index (κ3) is 5.47. The summed E-state index contributed by atoms with van der Waals surface area (Å²) < 4.78 is 5.41. The molecular weight excluding hydrogens is 386 g/mol. The first kappa shape index (κ1) is 20.6. The fourth-order valence-corrected chi connectivity index (χ4v) is 3.66. The van der Waals surface area contributed by atoms with E-state index >= 15 is 0 Å². The number of carbonyl (C=O) groups is 2. The van der Waals surface area contributed by atoms with Gasteiger partial charge in [-0.2, -0.15) is 5.26 Å². The number of hydrogen-bond acceptors (Lipinski definition) is 6. The SMILES string of the molecule is CCOc1ccc(/C=C2/SC(=O)N(CCNCc3ccc(C#N)cc3)C2=O)cc1. The number of benzene rings is 2. The Balaban J connectivity index is 1.52. The van der Waals surface area contributed by atoms with E-state index in [1.165, 1.54) is 4.90 Å². The van der Waals surface area contributed by atoms with Crippen LogP contribution < -0.4 is 10.1 Å². The molecule has 1 N–H and O–H groups in total. The summed E-state index contributed by atoms with van der Waals surface area (Å²) in [5.41, 5.74) is 2.50. The molecule has 3 rings (SSSR count). The van der Waals surface area contributed by atoms with Gasteiger partial charge in [-0.3, -0.25) is 14.5 Å². The minimum absolute atomic E-state index is 0.257. The largest absolute Gasteiger partial charge is 0.494 e. The van der Waals surface area contributed by atoms with Crippen LogP contribution in [0.4, 0.5) is 4.79 Å². The number of hydrogen-bond donors (Lipinski definition) is 1. The molecule has 1 aliphatic rings. The van der Waals surface area contributed by atoms with Crippen LogP contribution in [0, 0.1) is 11.3 Å². The van der Waals surface area contributed by atoms with E-state index in [4.69, 9.17) is 10.00 Å². The summed E-state index contributed by atoms with van der Waals surface area (Å²) >= 11 is 0.958. The van der Waals surface area contributed by atoms with Crippen LogP contribution in [0.2, 0.25) is 0 Å². The second-order valence-corrected chi connectivity index (χ2v) is 7.31. The number of ether oxygens (including phenoxy) is 1. The number of carbonyl (C=O) groups excluding carboxylic acids is 2. The van der Waals surface area contributed by atoms with Gasteiger partial charge in [-0.15, -0.1) is 0 Å². The monoisotopic (exact) mass is 407 g/mol. The van der Waals surface area contributed by atoms with Crippen molar-refractivity contribution in [2.75, 3.05) is 19.7 Å². The highest BCUT2D eigenvalue weighted by Gasteiger charge is 2.34. The molecule has 2 aromatic carbocycles. The maximum atomic E-state index is 12.6. The van der Waals surface area contributed by atoms with Gasteiger partial charge >= 0.3 is 0 Å². The van der Waals surface area contributed by atoms with Crippen molar-refractivity contribution in [2.24, 2.45) is 0 Å².